The summed E-state index contributed by atoms with van der Waals surface area (Å²) >= 11 is 0. The van der Waals surface area contributed by atoms with Gasteiger partial charge in [-0.3, -0.25) is 0 Å². The number of aryl methyl sites for hydroxylation is 1. The second-order valence-electron chi connectivity index (χ2n) is 6.85. The zero-order chi connectivity index (χ0) is 15.4. The van der Waals surface area contributed by atoms with Gasteiger partial charge in [0.2, 0.25) is 0 Å². The second-order valence-corrected chi connectivity index (χ2v) is 6.85. The van der Waals surface area contributed by atoms with Crippen LogP contribution in [0.5, 0.6) is 5.75 Å². The van der Waals surface area contributed by atoms with E-state index in [1.54, 1.807) is 6.92 Å². The van der Waals surface area contributed by atoms with Crippen molar-refractivity contribution in [2.24, 2.45) is 0 Å². The number of hydrogen-bond acceptors (Lipinski definition) is 3. The molecule has 114 valence electrons. The maximum Gasteiger partial charge on any atom is 0.123 e. The predicted octanol–water partition coefficient (Wildman–Crippen LogP) is 3.42. The lowest BCUT2D eigenvalue weighted by molar-refractivity contribution is 0.00813. The number of aliphatic hydroxyl groups is 1. The zero-order valence-corrected chi connectivity index (χ0v) is 13.7. The van der Waals surface area contributed by atoms with E-state index in [-0.39, 0.29) is 5.54 Å². The Morgan fingerprint density at radius 1 is 1.20 bits per heavy atom. The number of ether oxygens (including phenoxy) is 1. The van der Waals surface area contributed by atoms with Gasteiger partial charge >= 0.3 is 0 Å². The molecule has 0 radical (unpaired) electrons. The topological polar surface area (TPSA) is 41.5 Å². The molecule has 1 rings (SSSR count). The SMILES string of the molecule is CCC(C)(O)COc1ccc(C)cc1CNC(C)(C)C. The molecule has 0 amide bonds. The van der Waals surface area contributed by atoms with Crippen molar-refractivity contribution in [3.8, 4) is 5.75 Å². The van der Waals surface area contributed by atoms with Crippen LogP contribution >= 0.6 is 0 Å². The molecule has 1 aromatic rings. The Hall–Kier alpha value is -1.06. The lowest BCUT2D eigenvalue weighted by atomic mass is 10.0. The molecule has 2 N–H and O–H groups in total. The highest BCUT2D eigenvalue weighted by Crippen LogP contribution is 2.22. The Labute approximate surface area is 123 Å². The Balaban J connectivity index is 2.79. The first-order valence-electron chi connectivity index (χ1n) is 7.33. The van der Waals surface area contributed by atoms with Crippen LogP contribution in [0.2, 0.25) is 0 Å². The molecule has 1 atom stereocenters. The van der Waals surface area contributed by atoms with E-state index in [9.17, 15) is 5.11 Å². The zero-order valence-electron chi connectivity index (χ0n) is 13.7. The van der Waals surface area contributed by atoms with Crippen molar-refractivity contribution >= 4 is 0 Å². The molecule has 20 heavy (non-hydrogen) atoms. The Kier molecular flexibility index (Phi) is 5.60. The molecule has 3 heteroatoms. The van der Waals surface area contributed by atoms with E-state index >= 15 is 0 Å². The summed E-state index contributed by atoms with van der Waals surface area (Å²) in [5, 5.41) is 13.5. The lowest BCUT2D eigenvalue weighted by Gasteiger charge is -2.24. The maximum absolute atomic E-state index is 10.0. The van der Waals surface area contributed by atoms with Gasteiger partial charge in [0.25, 0.3) is 0 Å². The summed E-state index contributed by atoms with van der Waals surface area (Å²) in [6.45, 7) is 13.3. The Morgan fingerprint density at radius 2 is 1.85 bits per heavy atom. The van der Waals surface area contributed by atoms with Crippen molar-refractivity contribution in [2.75, 3.05) is 6.61 Å². The third-order valence-electron chi connectivity index (χ3n) is 3.33. The van der Waals surface area contributed by atoms with Gasteiger partial charge in [-0.25, -0.2) is 0 Å². The summed E-state index contributed by atoms with van der Waals surface area (Å²) in [7, 11) is 0. The largest absolute Gasteiger partial charge is 0.490 e. The first-order valence-corrected chi connectivity index (χ1v) is 7.33. The van der Waals surface area contributed by atoms with Crippen molar-refractivity contribution < 1.29 is 9.84 Å². The van der Waals surface area contributed by atoms with Gasteiger partial charge in [-0.05, 0) is 47.1 Å². The second kappa shape index (κ2) is 6.59. The average Bonchev–Trinajstić information content (AvgIpc) is 2.34. The summed E-state index contributed by atoms with van der Waals surface area (Å²) < 4.78 is 5.82. The van der Waals surface area contributed by atoms with Gasteiger partial charge in [-0.15, -0.1) is 0 Å². The van der Waals surface area contributed by atoms with Crippen LogP contribution in [-0.2, 0) is 6.54 Å². The summed E-state index contributed by atoms with van der Waals surface area (Å²) in [5.41, 5.74) is 1.63. The minimum absolute atomic E-state index is 0.0654. The van der Waals surface area contributed by atoms with Gasteiger partial charge in [-0.2, -0.15) is 0 Å². The van der Waals surface area contributed by atoms with E-state index in [0.29, 0.717) is 13.0 Å². The van der Waals surface area contributed by atoms with E-state index < -0.39 is 5.60 Å². The fourth-order valence-corrected chi connectivity index (χ4v) is 1.68. The lowest BCUT2D eigenvalue weighted by Crippen LogP contribution is -2.35. The van der Waals surface area contributed by atoms with E-state index in [4.69, 9.17) is 4.74 Å². The van der Waals surface area contributed by atoms with E-state index in [2.05, 4.69) is 39.1 Å². The van der Waals surface area contributed by atoms with Gasteiger partial charge in [0.05, 0.1) is 5.60 Å². The molecular formula is C17H29NO2. The molecule has 1 aromatic carbocycles. The third kappa shape index (κ3) is 5.93. The fourth-order valence-electron chi connectivity index (χ4n) is 1.68. The van der Waals surface area contributed by atoms with Crippen molar-refractivity contribution in [1.29, 1.82) is 0 Å². The van der Waals surface area contributed by atoms with Gasteiger partial charge in [0.15, 0.2) is 0 Å². The minimum atomic E-state index is -0.778. The van der Waals surface area contributed by atoms with Gasteiger partial charge < -0.3 is 15.2 Å². The smallest absolute Gasteiger partial charge is 0.123 e. The van der Waals surface area contributed by atoms with Gasteiger partial charge in [0.1, 0.15) is 12.4 Å². The van der Waals surface area contributed by atoms with Crippen LogP contribution in [0.25, 0.3) is 0 Å². The minimum Gasteiger partial charge on any atom is -0.490 e. The predicted molar refractivity (Wildman–Crippen MR) is 84.2 cm³/mol. The maximum atomic E-state index is 10.0. The molecular weight excluding hydrogens is 250 g/mol. The monoisotopic (exact) mass is 279 g/mol. The molecule has 0 spiro atoms. The Bertz CT molecular complexity index is 433. The highest BCUT2D eigenvalue weighted by Gasteiger charge is 2.19. The molecule has 0 bridgehead atoms. The highest BCUT2D eigenvalue weighted by atomic mass is 16.5. The van der Waals surface area contributed by atoms with Crippen LogP contribution in [0.15, 0.2) is 18.2 Å². The highest BCUT2D eigenvalue weighted by molar-refractivity contribution is 5.37. The van der Waals surface area contributed by atoms with Crippen LogP contribution < -0.4 is 10.1 Å². The van der Waals surface area contributed by atoms with E-state index in [1.807, 2.05) is 19.1 Å². The molecule has 3 nitrogen and oxygen atoms in total. The first-order chi connectivity index (χ1) is 9.13. The number of rotatable bonds is 6. The fraction of sp³-hybridized carbons (Fsp3) is 0.647. The molecule has 0 aliphatic heterocycles. The van der Waals surface area contributed by atoms with Gasteiger partial charge in [-0.1, -0.05) is 24.6 Å². The molecule has 0 saturated heterocycles. The van der Waals surface area contributed by atoms with Crippen LogP contribution in [0.4, 0.5) is 0 Å². The molecule has 0 heterocycles. The quantitative estimate of drug-likeness (QED) is 0.838. The third-order valence-corrected chi connectivity index (χ3v) is 3.33. The van der Waals surface area contributed by atoms with Crippen LogP contribution in [0, 0.1) is 6.92 Å². The molecule has 0 aromatic heterocycles. The summed E-state index contributed by atoms with van der Waals surface area (Å²) in [5.74, 6) is 0.848. The standard InChI is InChI=1S/C17H29NO2/c1-7-17(6,19)12-20-15-9-8-13(2)10-14(15)11-18-16(3,4)5/h8-10,18-19H,7,11-12H2,1-6H3. The molecule has 1 unspecified atom stereocenters. The van der Waals surface area contributed by atoms with Crippen molar-refractivity contribution in [1.82, 2.24) is 5.32 Å². The van der Waals surface area contributed by atoms with Crippen LogP contribution in [0.3, 0.4) is 0 Å². The number of benzene rings is 1. The number of hydrogen-bond donors (Lipinski definition) is 2. The molecule has 0 fully saturated rings. The van der Waals surface area contributed by atoms with E-state index in [1.165, 1.54) is 5.56 Å². The van der Waals surface area contributed by atoms with Crippen molar-refractivity contribution in [3.05, 3.63) is 29.3 Å². The summed E-state index contributed by atoms with van der Waals surface area (Å²) in [4.78, 5) is 0. The average molecular weight is 279 g/mol. The molecule has 0 saturated carbocycles. The Morgan fingerprint density at radius 3 is 2.40 bits per heavy atom. The van der Waals surface area contributed by atoms with Crippen LogP contribution in [-0.4, -0.2) is 22.9 Å². The molecule has 0 aliphatic carbocycles. The van der Waals surface area contributed by atoms with Gasteiger partial charge in [0, 0.05) is 17.6 Å². The first kappa shape index (κ1) is 17.0. The van der Waals surface area contributed by atoms with Crippen molar-refractivity contribution in [3.63, 3.8) is 0 Å². The summed E-state index contributed by atoms with van der Waals surface area (Å²) in [6, 6.07) is 6.16. The summed E-state index contributed by atoms with van der Waals surface area (Å²) in [6.07, 6.45) is 0.675. The van der Waals surface area contributed by atoms with E-state index in [0.717, 1.165) is 17.9 Å². The normalized spacial score (nSPS) is 14.9. The van der Waals surface area contributed by atoms with Crippen molar-refractivity contribution in [2.45, 2.75) is 65.6 Å². The van der Waals surface area contributed by atoms with Crippen LogP contribution in [0.1, 0.15) is 52.2 Å². The number of nitrogens with one attached hydrogen (secondary N) is 1. The molecule has 0 aliphatic rings.